The van der Waals surface area contributed by atoms with E-state index < -0.39 is 5.41 Å². The van der Waals surface area contributed by atoms with Crippen molar-refractivity contribution in [2.45, 2.75) is 51.6 Å². The first kappa shape index (κ1) is 12.3. The van der Waals surface area contributed by atoms with Crippen molar-refractivity contribution in [2.75, 3.05) is 0 Å². The Hall–Kier alpha value is -0.150. The molecule has 90 valence electrons. The molecule has 2 heterocycles. The first-order chi connectivity index (χ1) is 7.48. The molecule has 2 bridgehead atoms. The average Bonchev–Trinajstić information content (AvgIpc) is 2.86. The fourth-order valence-electron chi connectivity index (χ4n) is 2.78. The second kappa shape index (κ2) is 4.26. The van der Waals surface area contributed by atoms with Gasteiger partial charge in [-0.3, -0.25) is 4.79 Å². The largest absolute Gasteiger partial charge is 0.336 e. The van der Waals surface area contributed by atoms with Gasteiger partial charge >= 0.3 is 0 Å². The molecular weight excluding hydrogens is 242 g/mol. The molecule has 2 aliphatic heterocycles. The fraction of sp³-hybridized carbons (Fsp3) is 0.750. The van der Waals surface area contributed by atoms with Gasteiger partial charge in [-0.1, -0.05) is 6.58 Å². The topological polar surface area (TPSA) is 20.3 Å². The van der Waals surface area contributed by atoms with Crippen LogP contribution in [0.1, 0.15) is 39.5 Å². The summed E-state index contributed by atoms with van der Waals surface area (Å²) in [6, 6.07) is 0.954. The molecule has 0 aliphatic carbocycles. The lowest BCUT2D eigenvalue weighted by atomic mass is 9.91. The number of hydrogen-bond acceptors (Lipinski definition) is 2. The number of nitrogens with zero attached hydrogens (tertiary/aromatic N) is 1. The lowest BCUT2D eigenvalue weighted by molar-refractivity contribution is -0.139. The summed E-state index contributed by atoms with van der Waals surface area (Å²) < 4.78 is 0. The van der Waals surface area contributed by atoms with E-state index in [-0.39, 0.29) is 5.91 Å². The third-order valence-corrected chi connectivity index (χ3v) is 5.27. The van der Waals surface area contributed by atoms with Gasteiger partial charge < -0.3 is 4.90 Å². The quantitative estimate of drug-likeness (QED) is 0.772. The Morgan fingerprint density at radius 2 is 1.75 bits per heavy atom. The zero-order valence-electron chi connectivity index (χ0n) is 9.83. The van der Waals surface area contributed by atoms with Gasteiger partial charge in [-0.2, -0.15) is 0 Å². The van der Waals surface area contributed by atoms with E-state index >= 15 is 0 Å². The highest BCUT2D eigenvalue weighted by Crippen LogP contribution is 2.44. The number of fused-ring (bicyclic) bond motifs is 2. The Balaban J connectivity index is 2.16. The fourth-order valence-corrected chi connectivity index (χ4v) is 3.64. The maximum atomic E-state index is 12.5. The second-order valence-electron chi connectivity index (χ2n) is 5.30. The zero-order chi connectivity index (χ0) is 11.9. The molecule has 0 aromatic heterocycles. The van der Waals surface area contributed by atoms with Crippen molar-refractivity contribution in [2.24, 2.45) is 5.41 Å². The standard InChI is InChI=1S/C12H18ClNOS/c1-8(16-13)12(2,3)11(15)14-9-4-5-10(14)7-6-9/h9-10H,1,4-7H2,2-3H3. The molecule has 0 atom stereocenters. The van der Waals surface area contributed by atoms with Gasteiger partial charge in [-0.25, -0.2) is 0 Å². The van der Waals surface area contributed by atoms with Crippen molar-refractivity contribution < 1.29 is 4.79 Å². The smallest absolute Gasteiger partial charge is 0.233 e. The van der Waals surface area contributed by atoms with E-state index in [1.165, 1.54) is 25.7 Å². The van der Waals surface area contributed by atoms with Gasteiger partial charge in [-0.15, -0.1) is 0 Å². The minimum absolute atomic E-state index is 0.204. The highest BCUT2D eigenvalue weighted by atomic mass is 35.7. The molecule has 16 heavy (non-hydrogen) atoms. The van der Waals surface area contributed by atoms with Gasteiger partial charge in [0.1, 0.15) is 0 Å². The Kier molecular flexibility index (Phi) is 3.28. The average molecular weight is 260 g/mol. The first-order valence-electron chi connectivity index (χ1n) is 5.79. The number of amides is 1. The zero-order valence-corrected chi connectivity index (χ0v) is 11.4. The molecule has 0 aromatic carbocycles. The summed E-state index contributed by atoms with van der Waals surface area (Å²) in [7, 11) is 6.79. The van der Waals surface area contributed by atoms with Crippen LogP contribution in [0.5, 0.6) is 0 Å². The second-order valence-corrected chi connectivity index (χ2v) is 6.41. The van der Waals surface area contributed by atoms with E-state index in [9.17, 15) is 4.79 Å². The van der Waals surface area contributed by atoms with E-state index in [0.717, 1.165) is 15.9 Å². The van der Waals surface area contributed by atoms with Gasteiger partial charge in [0, 0.05) is 17.0 Å². The number of carbonyl (C=O) groups is 1. The van der Waals surface area contributed by atoms with E-state index in [2.05, 4.69) is 11.5 Å². The van der Waals surface area contributed by atoms with E-state index in [0.29, 0.717) is 12.1 Å². The minimum Gasteiger partial charge on any atom is -0.336 e. The van der Waals surface area contributed by atoms with Crippen LogP contribution in [0.2, 0.25) is 0 Å². The Morgan fingerprint density at radius 1 is 1.31 bits per heavy atom. The van der Waals surface area contributed by atoms with Crippen LogP contribution >= 0.6 is 21.7 Å². The van der Waals surface area contributed by atoms with Gasteiger partial charge in [-0.05, 0) is 61.2 Å². The third kappa shape index (κ3) is 1.78. The summed E-state index contributed by atoms with van der Waals surface area (Å²) in [5.74, 6) is 0.204. The van der Waals surface area contributed by atoms with Crippen molar-refractivity contribution in [3.63, 3.8) is 0 Å². The summed E-state index contributed by atoms with van der Waals surface area (Å²) in [6.45, 7) is 7.73. The number of rotatable bonds is 3. The predicted molar refractivity (Wildman–Crippen MR) is 69.3 cm³/mol. The van der Waals surface area contributed by atoms with Crippen molar-refractivity contribution in [1.29, 1.82) is 0 Å². The summed E-state index contributed by atoms with van der Waals surface area (Å²) in [5.41, 5.74) is -0.544. The van der Waals surface area contributed by atoms with Crippen LogP contribution in [-0.2, 0) is 4.79 Å². The maximum absolute atomic E-state index is 12.5. The van der Waals surface area contributed by atoms with Crippen LogP contribution in [0.4, 0.5) is 0 Å². The van der Waals surface area contributed by atoms with E-state index in [1.807, 2.05) is 13.8 Å². The SMILES string of the molecule is C=C(SCl)C(C)(C)C(=O)N1C2CCC1CC2. The van der Waals surface area contributed by atoms with Gasteiger partial charge in [0.05, 0.1) is 5.41 Å². The number of carbonyl (C=O) groups excluding carboxylic acids is 1. The number of hydrogen-bond donors (Lipinski definition) is 0. The molecule has 0 radical (unpaired) electrons. The molecular formula is C12H18ClNOS. The van der Waals surface area contributed by atoms with Gasteiger partial charge in [0.25, 0.3) is 0 Å². The van der Waals surface area contributed by atoms with Crippen LogP contribution in [-0.4, -0.2) is 22.9 Å². The van der Waals surface area contributed by atoms with E-state index in [4.69, 9.17) is 10.7 Å². The molecule has 0 unspecified atom stereocenters. The van der Waals surface area contributed by atoms with Crippen molar-refractivity contribution in [3.05, 3.63) is 11.5 Å². The maximum Gasteiger partial charge on any atom is 0.233 e. The normalized spacial score (nSPS) is 28.6. The molecule has 0 N–H and O–H groups in total. The third-order valence-electron chi connectivity index (χ3n) is 4.01. The highest BCUT2D eigenvalue weighted by Gasteiger charge is 2.47. The van der Waals surface area contributed by atoms with Crippen molar-refractivity contribution >= 4 is 27.6 Å². The molecule has 0 saturated carbocycles. The van der Waals surface area contributed by atoms with Gasteiger partial charge in [0.2, 0.25) is 5.91 Å². The summed E-state index contributed by atoms with van der Waals surface area (Å²) in [4.78, 5) is 15.4. The minimum atomic E-state index is -0.544. The lowest BCUT2D eigenvalue weighted by Gasteiger charge is -2.32. The monoisotopic (exact) mass is 259 g/mol. The first-order valence-corrected chi connectivity index (χ1v) is 7.43. The molecule has 2 rings (SSSR count). The van der Waals surface area contributed by atoms with Crippen molar-refractivity contribution in [3.8, 4) is 0 Å². The van der Waals surface area contributed by atoms with E-state index in [1.54, 1.807) is 0 Å². The van der Waals surface area contributed by atoms with Crippen molar-refractivity contribution in [1.82, 2.24) is 4.90 Å². The van der Waals surface area contributed by atoms with Crippen LogP contribution in [0.25, 0.3) is 0 Å². The Morgan fingerprint density at radius 3 is 2.12 bits per heavy atom. The van der Waals surface area contributed by atoms with Crippen LogP contribution < -0.4 is 0 Å². The van der Waals surface area contributed by atoms with Crippen LogP contribution in [0.15, 0.2) is 11.5 Å². The Bertz CT molecular complexity index is 309. The lowest BCUT2D eigenvalue weighted by Crippen LogP contribution is -2.44. The Labute approximate surface area is 106 Å². The van der Waals surface area contributed by atoms with Crippen LogP contribution in [0.3, 0.4) is 0 Å². The summed E-state index contributed by atoms with van der Waals surface area (Å²) in [6.07, 6.45) is 4.69. The van der Waals surface area contributed by atoms with Crippen LogP contribution in [0, 0.1) is 5.41 Å². The highest BCUT2D eigenvalue weighted by molar-refractivity contribution is 8.24. The molecule has 2 fully saturated rings. The molecule has 0 aromatic rings. The molecule has 0 spiro atoms. The summed E-state index contributed by atoms with van der Waals surface area (Å²) >= 11 is 0. The number of halogens is 1. The molecule has 2 saturated heterocycles. The molecule has 4 heteroatoms. The predicted octanol–water partition coefficient (Wildman–Crippen LogP) is 3.57. The molecule has 2 nitrogen and oxygen atoms in total. The summed E-state index contributed by atoms with van der Waals surface area (Å²) in [5, 5.41) is 0. The molecule has 1 amide bonds. The van der Waals surface area contributed by atoms with Gasteiger partial charge in [0.15, 0.2) is 0 Å². The molecule has 2 aliphatic rings.